The average Bonchev–Trinajstić information content (AvgIpc) is 2.58. The van der Waals surface area contributed by atoms with E-state index in [0.717, 1.165) is 12.8 Å². The Labute approximate surface area is 88.4 Å². The van der Waals surface area contributed by atoms with Crippen LogP contribution in [0.2, 0.25) is 0 Å². The van der Waals surface area contributed by atoms with Gasteiger partial charge in [-0.15, -0.1) is 0 Å². The molecule has 0 aromatic carbocycles. The molecule has 84 valence electrons. The maximum absolute atomic E-state index is 10.7. The molecular formula is C9H16N4O2. The molecule has 0 unspecified atom stereocenters. The van der Waals surface area contributed by atoms with Gasteiger partial charge in [0.2, 0.25) is 0 Å². The minimum Gasteiger partial charge on any atom is -0.358 e. The van der Waals surface area contributed by atoms with Crippen molar-refractivity contribution in [1.29, 1.82) is 0 Å². The SMILES string of the molecule is CCCCn1nnc([N+](=O)[O-])c1C(C)C. The molecule has 0 aliphatic carbocycles. The number of hydrogen-bond donors (Lipinski definition) is 0. The molecule has 1 rings (SSSR count). The fourth-order valence-electron chi connectivity index (χ4n) is 1.47. The number of rotatable bonds is 5. The molecule has 0 saturated heterocycles. The fourth-order valence-corrected chi connectivity index (χ4v) is 1.47. The largest absolute Gasteiger partial charge is 0.413 e. The van der Waals surface area contributed by atoms with Crippen molar-refractivity contribution in [2.24, 2.45) is 0 Å². The summed E-state index contributed by atoms with van der Waals surface area (Å²) in [5, 5.41) is 18.1. The number of aryl methyl sites for hydroxylation is 1. The molecule has 0 atom stereocenters. The van der Waals surface area contributed by atoms with Gasteiger partial charge in [0.05, 0.1) is 5.21 Å². The summed E-state index contributed by atoms with van der Waals surface area (Å²) in [4.78, 5) is 10.2. The third kappa shape index (κ3) is 2.51. The molecule has 0 fully saturated rings. The zero-order valence-electron chi connectivity index (χ0n) is 9.30. The highest BCUT2D eigenvalue weighted by Crippen LogP contribution is 2.23. The molecule has 0 N–H and O–H groups in total. The zero-order valence-corrected chi connectivity index (χ0v) is 9.30. The summed E-state index contributed by atoms with van der Waals surface area (Å²) in [6.07, 6.45) is 1.99. The molecule has 1 heterocycles. The Morgan fingerprint density at radius 1 is 1.53 bits per heavy atom. The van der Waals surface area contributed by atoms with Crippen LogP contribution in [0.15, 0.2) is 0 Å². The number of nitrogens with zero attached hydrogens (tertiary/aromatic N) is 4. The lowest BCUT2D eigenvalue weighted by atomic mass is 10.1. The van der Waals surface area contributed by atoms with Crippen LogP contribution in [-0.4, -0.2) is 19.9 Å². The van der Waals surface area contributed by atoms with Crippen LogP contribution in [0.3, 0.4) is 0 Å². The minimum absolute atomic E-state index is 0.0669. The molecular weight excluding hydrogens is 196 g/mol. The van der Waals surface area contributed by atoms with Crippen molar-refractivity contribution < 1.29 is 4.92 Å². The van der Waals surface area contributed by atoms with E-state index in [1.807, 2.05) is 13.8 Å². The summed E-state index contributed by atoms with van der Waals surface area (Å²) in [5.41, 5.74) is 0.619. The van der Waals surface area contributed by atoms with Crippen LogP contribution in [0.5, 0.6) is 0 Å². The summed E-state index contributed by atoms with van der Waals surface area (Å²) in [5.74, 6) is -0.0432. The second-order valence-corrected chi connectivity index (χ2v) is 3.79. The van der Waals surface area contributed by atoms with E-state index < -0.39 is 4.92 Å². The lowest BCUT2D eigenvalue weighted by Crippen LogP contribution is -2.07. The molecule has 0 spiro atoms. The number of nitro groups is 1. The molecule has 15 heavy (non-hydrogen) atoms. The van der Waals surface area contributed by atoms with E-state index in [1.165, 1.54) is 0 Å². The number of unbranched alkanes of at least 4 members (excludes halogenated alkanes) is 1. The van der Waals surface area contributed by atoms with E-state index in [9.17, 15) is 10.1 Å². The van der Waals surface area contributed by atoms with Crippen LogP contribution in [0.25, 0.3) is 0 Å². The molecule has 1 aromatic heterocycles. The van der Waals surface area contributed by atoms with Crippen LogP contribution >= 0.6 is 0 Å². The van der Waals surface area contributed by atoms with Gasteiger partial charge in [-0.05, 0) is 11.3 Å². The van der Waals surface area contributed by atoms with E-state index in [0.29, 0.717) is 12.2 Å². The zero-order chi connectivity index (χ0) is 11.4. The predicted octanol–water partition coefficient (Wildman–Crippen LogP) is 2.11. The quantitative estimate of drug-likeness (QED) is 0.553. The van der Waals surface area contributed by atoms with Gasteiger partial charge in [-0.2, -0.15) is 0 Å². The standard InChI is InChI=1S/C9H16N4O2/c1-4-5-6-12-8(7(2)3)9(10-11-12)13(14)15/h7H,4-6H2,1-3H3. The first-order chi connectivity index (χ1) is 7.07. The first kappa shape index (κ1) is 11.6. The lowest BCUT2D eigenvalue weighted by Gasteiger charge is -2.06. The summed E-state index contributed by atoms with van der Waals surface area (Å²) < 4.78 is 1.65. The van der Waals surface area contributed by atoms with Crippen molar-refractivity contribution in [3.05, 3.63) is 15.8 Å². The van der Waals surface area contributed by atoms with Gasteiger partial charge < -0.3 is 10.1 Å². The van der Waals surface area contributed by atoms with Crippen molar-refractivity contribution in [3.8, 4) is 0 Å². The first-order valence-electron chi connectivity index (χ1n) is 5.15. The fraction of sp³-hybridized carbons (Fsp3) is 0.778. The van der Waals surface area contributed by atoms with Crippen LogP contribution in [0, 0.1) is 10.1 Å². The van der Waals surface area contributed by atoms with Crippen molar-refractivity contribution in [1.82, 2.24) is 15.0 Å². The monoisotopic (exact) mass is 212 g/mol. The third-order valence-corrected chi connectivity index (χ3v) is 2.20. The second-order valence-electron chi connectivity index (χ2n) is 3.79. The van der Waals surface area contributed by atoms with Crippen molar-refractivity contribution in [2.75, 3.05) is 0 Å². The van der Waals surface area contributed by atoms with Gasteiger partial charge in [0.25, 0.3) is 0 Å². The molecule has 0 radical (unpaired) electrons. The van der Waals surface area contributed by atoms with E-state index >= 15 is 0 Å². The Bertz CT molecular complexity index is 346. The molecule has 0 aliphatic rings. The summed E-state index contributed by atoms with van der Waals surface area (Å²) in [6, 6.07) is 0. The normalized spacial score (nSPS) is 10.9. The van der Waals surface area contributed by atoms with E-state index in [4.69, 9.17) is 0 Å². The van der Waals surface area contributed by atoms with E-state index in [-0.39, 0.29) is 11.7 Å². The maximum Gasteiger partial charge on any atom is 0.413 e. The van der Waals surface area contributed by atoms with E-state index in [1.54, 1.807) is 4.68 Å². The number of hydrogen-bond acceptors (Lipinski definition) is 4. The van der Waals surface area contributed by atoms with Gasteiger partial charge in [0, 0.05) is 12.5 Å². The maximum atomic E-state index is 10.7. The van der Waals surface area contributed by atoms with Gasteiger partial charge in [-0.3, -0.25) is 0 Å². The van der Waals surface area contributed by atoms with Crippen molar-refractivity contribution in [2.45, 2.75) is 46.1 Å². The van der Waals surface area contributed by atoms with Crippen molar-refractivity contribution >= 4 is 5.82 Å². The minimum atomic E-state index is -0.467. The second kappa shape index (κ2) is 4.86. The smallest absolute Gasteiger partial charge is 0.358 e. The third-order valence-electron chi connectivity index (χ3n) is 2.20. The molecule has 0 aliphatic heterocycles. The van der Waals surface area contributed by atoms with Crippen LogP contribution in [-0.2, 0) is 6.54 Å². The van der Waals surface area contributed by atoms with Gasteiger partial charge in [0.15, 0.2) is 0 Å². The van der Waals surface area contributed by atoms with Gasteiger partial charge in [-0.25, -0.2) is 4.68 Å². The molecule has 6 heteroatoms. The average molecular weight is 212 g/mol. The van der Waals surface area contributed by atoms with Gasteiger partial charge in [-0.1, -0.05) is 27.2 Å². The summed E-state index contributed by atoms with van der Waals surface area (Å²) >= 11 is 0. The summed E-state index contributed by atoms with van der Waals surface area (Å²) in [6.45, 7) is 6.59. The first-order valence-corrected chi connectivity index (χ1v) is 5.15. The number of aromatic nitrogens is 3. The Morgan fingerprint density at radius 2 is 2.20 bits per heavy atom. The van der Waals surface area contributed by atoms with Crippen LogP contribution in [0.1, 0.15) is 45.2 Å². The molecule has 1 aromatic rings. The topological polar surface area (TPSA) is 73.8 Å². The highest BCUT2D eigenvalue weighted by molar-refractivity contribution is 5.27. The molecule has 0 bridgehead atoms. The molecule has 6 nitrogen and oxygen atoms in total. The van der Waals surface area contributed by atoms with Crippen LogP contribution < -0.4 is 0 Å². The Hall–Kier alpha value is -1.46. The highest BCUT2D eigenvalue weighted by Gasteiger charge is 2.25. The van der Waals surface area contributed by atoms with E-state index in [2.05, 4.69) is 17.2 Å². The Morgan fingerprint density at radius 3 is 2.67 bits per heavy atom. The lowest BCUT2D eigenvalue weighted by molar-refractivity contribution is -0.390. The highest BCUT2D eigenvalue weighted by atomic mass is 16.6. The summed E-state index contributed by atoms with van der Waals surface area (Å²) in [7, 11) is 0. The Balaban J connectivity index is 3.01. The molecule has 0 saturated carbocycles. The van der Waals surface area contributed by atoms with Gasteiger partial charge >= 0.3 is 5.82 Å². The van der Waals surface area contributed by atoms with Crippen LogP contribution in [0.4, 0.5) is 5.82 Å². The molecule has 0 amide bonds. The van der Waals surface area contributed by atoms with Crippen molar-refractivity contribution in [3.63, 3.8) is 0 Å². The Kier molecular flexibility index (Phi) is 3.76. The predicted molar refractivity (Wildman–Crippen MR) is 55.7 cm³/mol. The van der Waals surface area contributed by atoms with Gasteiger partial charge in [0.1, 0.15) is 10.8 Å².